The lowest BCUT2D eigenvalue weighted by Crippen LogP contribution is -2.28. The molecule has 1 aromatic heterocycles. The zero-order chi connectivity index (χ0) is 24.1. The van der Waals surface area contributed by atoms with E-state index in [1.54, 1.807) is 0 Å². The van der Waals surface area contributed by atoms with Crippen LogP contribution in [0.25, 0.3) is 66.1 Å². The van der Waals surface area contributed by atoms with Crippen molar-refractivity contribution < 1.29 is 4.57 Å². The van der Waals surface area contributed by atoms with Gasteiger partial charge in [0.05, 0.1) is 11.4 Å². The molecule has 0 saturated heterocycles. The highest BCUT2D eigenvalue weighted by Gasteiger charge is 2.21. The minimum Gasteiger partial charge on any atom is -0.298 e. The predicted octanol–water partition coefficient (Wildman–Crippen LogP) is 7.96. The highest BCUT2D eigenvalue weighted by atomic mass is 15.1. The molecule has 1 heterocycles. The fraction of sp³-hybridized carbons (Fsp3) is 0.0571. The smallest absolute Gasteiger partial charge is 0.268 e. The first kappa shape index (κ1) is 19.5. The van der Waals surface area contributed by atoms with Crippen LogP contribution in [0.3, 0.4) is 0 Å². The molecule has 0 saturated carbocycles. The fourth-order valence-corrected chi connectivity index (χ4v) is 6.73. The first-order valence-corrected chi connectivity index (χ1v) is 13.0. The van der Waals surface area contributed by atoms with Crippen molar-refractivity contribution in [2.24, 2.45) is 0 Å². The molecule has 0 bridgehead atoms. The van der Waals surface area contributed by atoms with Crippen molar-refractivity contribution in [1.29, 1.82) is 0 Å². The Labute approximate surface area is 214 Å². The van der Waals surface area contributed by atoms with Crippen molar-refractivity contribution >= 4 is 54.7 Å². The number of allylic oxidation sites excluding steroid dienone is 3. The summed E-state index contributed by atoms with van der Waals surface area (Å²) in [5.74, 6) is 0. The molecule has 0 amide bonds. The van der Waals surface area contributed by atoms with Gasteiger partial charge in [-0.2, -0.15) is 0 Å². The molecule has 2 nitrogen and oxygen atoms in total. The van der Waals surface area contributed by atoms with Crippen LogP contribution in [0.2, 0.25) is 0 Å². The molecule has 0 fully saturated rings. The van der Waals surface area contributed by atoms with E-state index in [2.05, 4.69) is 125 Å². The van der Waals surface area contributed by atoms with Gasteiger partial charge in [0, 0.05) is 12.4 Å². The minimum absolute atomic E-state index is 1.01. The third-order valence-electron chi connectivity index (χ3n) is 8.41. The Balaban J connectivity index is 1.26. The lowest BCUT2D eigenvalue weighted by Gasteiger charge is -2.24. The minimum atomic E-state index is 1.01. The van der Waals surface area contributed by atoms with Crippen molar-refractivity contribution in [1.82, 2.24) is 4.57 Å². The van der Waals surface area contributed by atoms with E-state index in [1.165, 1.54) is 71.0 Å². The summed E-state index contributed by atoms with van der Waals surface area (Å²) in [6, 6.07) is 29.1. The van der Waals surface area contributed by atoms with Crippen LogP contribution >= 0.6 is 0 Å². The Hall–Kier alpha value is -4.69. The zero-order valence-electron chi connectivity index (χ0n) is 20.2. The summed E-state index contributed by atoms with van der Waals surface area (Å²) in [5.41, 5.74) is 7.97. The van der Waals surface area contributed by atoms with Crippen LogP contribution in [-0.4, -0.2) is 4.57 Å². The molecular formula is C35H22N2. The van der Waals surface area contributed by atoms with Crippen LogP contribution in [0, 0.1) is 6.33 Å². The Kier molecular flexibility index (Phi) is 3.66. The van der Waals surface area contributed by atoms with Crippen LogP contribution in [0.4, 0.5) is 0 Å². The van der Waals surface area contributed by atoms with Crippen molar-refractivity contribution in [2.45, 2.75) is 12.8 Å². The average Bonchev–Trinajstić information content (AvgIpc) is 3.44. The van der Waals surface area contributed by atoms with E-state index in [1.807, 2.05) is 0 Å². The van der Waals surface area contributed by atoms with Gasteiger partial charge < -0.3 is 0 Å². The summed E-state index contributed by atoms with van der Waals surface area (Å²) in [4.78, 5) is 0. The second kappa shape index (κ2) is 6.96. The summed E-state index contributed by atoms with van der Waals surface area (Å²) in [7, 11) is 0. The van der Waals surface area contributed by atoms with Gasteiger partial charge in [-0.15, -0.1) is 0 Å². The second-order valence-electron chi connectivity index (χ2n) is 10.3. The molecule has 2 heteroatoms. The van der Waals surface area contributed by atoms with Crippen LogP contribution in [0.1, 0.15) is 23.1 Å². The average molecular weight is 471 g/mol. The molecule has 0 spiro atoms. The van der Waals surface area contributed by atoms with Crippen LogP contribution in [0.5, 0.6) is 0 Å². The maximum absolute atomic E-state index is 3.65. The monoisotopic (exact) mass is 470 g/mol. The molecular weight excluding hydrogens is 448 g/mol. The van der Waals surface area contributed by atoms with Gasteiger partial charge in [0.2, 0.25) is 0 Å². The molecule has 172 valence electrons. The molecule has 9 rings (SSSR count). The number of benzene rings is 6. The van der Waals surface area contributed by atoms with Crippen LogP contribution in [0.15, 0.2) is 103 Å². The number of aromatic nitrogens is 2. The fourth-order valence-electron chi connectivity index (χ4n) is 6.73. The normalized spacial score (nSPS) is 14.3. The van der Waals surface area contributed by atoms with E-state index < -0.39 is 0 Å². The number of hydrogen-bond donors (Lipinski definition) is 0. The highest BCUT2D eigenvalue weighted by molar-refractivity contribution is 6.24. The Morgan fingerprint density at radius 1 is 0.703 bits per heavy atom. The molecule has 0 atom stereocenters. The van der Waals surface area contributed by atoms with Crippen molar-refractivity contribution in [3.63, 3.8) is 0 Å². The molecule has 7 aromatic rings. The lowest BCUT2D eigenvalue weighted by molar-refractivity contribution is -0.597. The van der Waals surface area contributed by atoms with Gasteiger partial charge in [0.1, 0.15) is 0 Å². The van der Waals surface area contributed by atoms with Crippen molar-refractivity contribution in [2.75, 3.05) is 0 Å². The van der Waals surface area contributed by atoms with E-state index in [0.717, 1.165) is 18.5 Å². The van der Waals surface area contributed by atoms with Gasteiger partial charge in [-0.3, -0.25) is 9.13 Å². The molecule has 2 aliphatic carbocycles. The largest absolute Gasteiger partial charge is 0.298 e. The standard InChI is InChI=1S/C35H22N2/c1-3-22-7-9-26-13-17-30(28-15-11-24(5-1)32(22)34(26)28)36-19-20-37(21-36)31-18-14-27-10-8-23-4-2-6-25-12-16-29(31)35(27)33(23)25/h1-3,5-9,11-20H,4,10H2. The van der Waals surface area contributed by atoms with E-state index in [9.17, 15) is 0 Å². The van der Waals surface area contributed by atoms with Crippen molar-refractivity contribution in [3.8, 4) is 11.4 Å². The third kappa shape index (κ3) is 2.57. The summed E-state index contributed by atoms with van der Waals surface area (Å²) in [6.45, 7) is 0. The van der Waals surface area contributed by atoms with E-state index in [-0.39, 0.29) is 0 Å². The molecule has 0 aliphatic heterocycles. The maximum Gasteiger partial charge on any atom is 0.268 e. The summed E-state index contributed by atoms with van der Waals surface area (Å²) >= 11 is 0. The molecule has 37 heavy (non-hydrogen) atoms. The summed E-state index contributed by atoms with van der Waals surface area (Å²) < 4.78 is 4.30. The van der Waals surface area contributed by atoms with Gasteiger partial charge in [-0.05, 0) is 90.3 Å². The summed E-state index contributed by atoms with van der Waals surface area (Å²) in [5, 5.41) is 10.5. The van der Waals surface area contributed by atoms with E-state index >= 15 is 0 Å². The lowest BCUT2D eigenvalue weighted by atomic mass is 9.81. The zero-order valence-corrected chi connectivity index (χ0v) is 20.2. The van der Waals surface area contributed by atoms with Gasteiger partial charge >= 0.3 is 0 Å². The Morgan fingerprint density at radius 3 is 2.43 bits per heavy atom. The first-order valence-electron chi connectivity index (χ1n) is 13.0. The summed E-state index contributed by atoms with van der Waals surface area (Å²) in [6.07, 6.45) is 16.9. The van der Waals surface area contributed by atoms with Crippen LogP contribution in [-0.2, 0) is 6.42 Å². The van der Waals surface area contributed by atoms with Crippen LogP contribution < -0.4 is 4.57 Å². The van der Waals surface area contributed by atoms with Crippen molar-refractivity contribution in [3.05, 3.63) is 126 Å². The van der Waals surface area contributed by atoms with Gasteiger partial charge in [-0.25, -0.2) is 0 Å². The third-order valence-corrected chi connectivity index (χ3v) is 8.41. The van der Waals surface area contributed by atoms with E-state index in [4.69, 9.17) is 0 Å². The van der Waals surface area contributed by atoms with Gasteiger partial charge in [0.25, 0.3) is 6.33 Å². The number of imidazole rings is 1. The number of hydrogen-bond acceptors (Lipinski definition) is 0. The number of rotatable bonds is 2. The predicted molar refractivity (Wildman–Crippen MR) is 153 cm³/mol. The number of nitrogens with zero attached hydrogens (tertiary/aromatic N) is 2. The molecule has 0 N–H and O–H groups in total. The molecule has 6 aromatic carbocycles. The second-order valence-corrected chi connectivity index (χ2v) is 10.3. The maximum atomic E-state index is 3.65. The quantitative estimate of drug-likeness (QED) is 0.138. The molecule has 0 radical (unpaired) electrons. The first-order chi connectivity index (χ1) is 18.3. The van der Waals surface area contributed by atoms with Gasteiger partial charge in [-0.1, -0.05) is 85.0 Å². The SMILES string of the molecule is [c-]1n(-c2ccc3c4c5c(ccc24)C=CCC5=CC3)cc[n+]1-c1ccc2ccc3cccc4ccc1c2c34. The van der Waals surface area contributed by atoms with E-state index in [0.29, 0.717) is 0 Å². The molecule has 0 unspecified atom stereocenters. The highest BCUT2D eigenvalue weighted by Crippen LogP contribution is 2.42. The molecule has 2 aliphatic rings. The topological polar surface area (TPSA) is 8.81 Å². The Morgan fingerprint density at radius 2 is 1.51 bits per heavy atom. The van der Waals surface area contributed by atoms with Gasteiger partial charge in [0.15, 0.2) is 0 Å². The Bertz CT molecular complexity index is 2120.